The van der Waals surface area contributed by atoms with Gasteiger partial charge in [-0.2, -0.15) is 0 Å². The van der Waals surface area contributed by atoms with Crippen molar-refractivity contribution < 1.29 is 14.6 Å². The third kappa shape index (κ3) is 4.33. The van der Waals surface area contributed by atoms with E-state index < -0.39 is 11.4 Å². The van der Waals surface area contributed by atoms with E-state index in [4.69, 9.17) is 4.74 Å². The SMILES string of the molecule is CCCC(C)(CCOc1ccc(Br)cc1)C(=O)O. The van der Waals surface area contributed by atoms with Crippen molar-refractivity contribution in [3.8, 4) is 5.75 Å². The van der Waals surface area contributed by atoms with Gasteiger partial charge in [0.1, 0.15) is 5.75 Å². The molecule has 1 aromatic carbocycles. The van der Waals surface area contributed by atoms with Crippen molar-refractivity contribution in [3.63, 3.8) is 0 Å². The average molecular weight is 315 g/mol. The molecule has 0 bridgehead atoms. The molecule has 0 aliphatic heterocycles. The number of ether oxygens (including phenoxy) is 1. The van der Waals surface area contributed by atoms with Crippen molar-refractivity contribution in [1.82, 2.24) is 0 Å². The van der Waals surface area contributed by atoms with Crippen LogP contribution in [0.25, 0.3) is 0 Å². The summed E-state index contributed by atoms with van der Waals surface area (Å²) in [5.74, 6) is 0.0196. The highest BCUT2D eigenvalue weighted by Crippen LogP contribution is 2.28. The fourth-order valence-corrected chi connectivity index (χ4v) is 2.08. The molecule has 0 saturated heterocycles. The lowest BCUT2D eigenvalue weighted by molar-refractivity contribution is -0.149. The zero-order chi connectivity index (χ0) is 13.6. The van der Waals surface area contributed by atoms with Gasteiger partial charge < -0.3 is 9.84 Å². The molecule has 0 spiro atoms. The van der Waals surface area contributed by atoms with E-state index >= 15 is 0 Å². The lowest BCUT2D eigenvalue weighted by Crippen LogP contribution is -2.29. The summed E-state index contributed by atoms with van der Waals surface area (Å²) in [6.07, 6.45) is 2.05. The molecule has 3 nitrogen and oxygen atoms in total. The summed E-state index contributed by atoms with van der Waals surface area (Å²) in [4.78, 5) is 11.2. The van der Waals surface area contributed by atoms with E-state index in [1.807, 2.05) is 31.2 Å². The van der Waals surface area contributed by atoms with Crippen LogP contribution in [0.4, 0.5) is 0 Å². The Bertz CT molecular complexity index is 389. The first-order chi connectivity index (χ1) is 8.48. The largest absolute Gasteiger partial charge is 0.494 e. The van der Waals surface area contributed by atoms with E-state index in [0.717, 1.165) is 16.6 Å². The van der Waals surface area contributed by atoms with Gasteiger partial charge in [-0.15, -0.1) is 0 Å². The zero-order valence-electron chi connectivity index (χ0n) is 10.8. The van der Waals surface area contributed by atoms with Gasteiger partial charge in [0.25, 0.3) is 0 Å². The Labute approximate surface area is 116 Å². The highest BCUT2D eigenvalue weighted by molar-refractivity contribution is 9.10. The smallest absolute Gasteiger partial charge is 0.309 e. The van der Waals surface area contributed by atoms with E-state index in [1.165, 1.54) is 0 Å². The number of carboxylic acid groups (broad SMARTS) is 1. The molecule has 0 aromatic heterocycles. The van der Waals surface area contributed by atoms with Crippen LogP contribution >= 0.6 is 15.9 Å². The molecule has 0 saturated carbocycles. The number of hydrogen-bond acceptors (Lipinski definition) is 2. The fraction of sp³-hybridized carbons (Fsp3) is 0.500. The van der Waals surface area contributed by atoms with Crippen LogP contribution < -0.4 is 4.74 Å². The van der Waals surface area contributed by atoms with Crippen LogP contribution in [0.5, 0.6) is 5.75 Å². The van der Waals surface area contributed by atoms with Crippen LogP contribution in [-0.4, -0.2) is 17.7 Å². The maximum Gasteiger partial charge on any atom is 0.309 e. The molecule has 0 aliphatic carbocycles. The third-order valence-corrected chi connectivity index (χ3v) is 3.58. The van der Waals surface area contributed by atoms with Crippen LogP contribution in [0.3, 0.4) is 0 Å². The van der Waals surface area contributed by atoms with Crippen molar-refractivity contribution in [1.29, 1.82) is 0 Å². The van der Waals surface area contributed by atoms with E-state index in [9.17, 15) is 9.90 Å². The predicted octanol–water partition coefficient (Wildman–Crippen LogP) is 4.11. The first kappa shape index (κ1) is 15.0. The van der Waals surface area contributed by atoms with Gasteiger partial charge in [-0.25, -0.2) is 0 Å². The van der Waals surface area contributed by atoms with E-state index in [2.05, 4.69) is 15.9 Å². The van der Waals surface area contributed by atoms with E-state index in [1.54, 1.807) is 6.92 Å². The molecular weight excluding hydrogens is 296 g/mol. The molecule has 1 unspecified atom stereocenters. The summed E-state index contributed by atoms with van der Waals surface area (Å²) in [6, 6.07) is 7.53. The Morgan fingerprint density at radius 3 is 2.44 bits per heavy atom. The monoisotopic (exact) mass is 314 g/mol. The van der Waals surface area contributed by atoms with Gasteiger partial charge in [-0.05, 0) is 44.0 Å². The number of rotatable bonds is 7. The van der Waals surface area contributed by atoms with Crippen LogP contribution in [0.2, 0.25) is 0 Å². The molecule has 1 N–H and O–H groups in total. The maximum atomic E-state index is 11.2. The summed E-state index contributed by atoms with van der Waals surface area (Å²) in [5.41, 5.74) is -0.690. The van der Waals surface area contributed by atoms with Gasteiger partial charge in [-0.1, -0.05) is 29.3 Å². The van der Waals surface area contributed by atoms with Crippen molar-refractivity contribution in [2.75, 3.05) is 6.61 Å². The minimum atomic E-state index is -0.747. The van der Waals surface area contributed by atoms with Gasteiger partial charge in [-0.3, -0.25) is 4.79 Å². The number of carbonyl (C=O) groups is 1. The Morgan fingerprint density at radius 1 is 1.33 bits per heavy atom. The Balaban J connectivity index is 2.48. The van der Waals surface area contributed by atoms with Gasteiger partial charge in [0.2, 0.25) is 0 Å². The Morgan fingerprint density at radius 2 is 1.94 bits per heavy atom. The Hall–Kier alpha value is -1.03. The van der Waals surface area contributed by atoms with E-state index in [-0.39, 0.29) is 0 Å². The van der Waals surface area contributed by atoms with Crippen molar-refractivity contribution in [3.05, 3.63) is 28.7 Å². The minimum Gasteiger partial charge on any atom is -0.494 e. The topological polar surface area (TPSA) is 46.5 Å². The van der Waals surface area contributed by atoms with Crippen LogP contribution in [-0.2, 0) is 4.79 Å². The number of carboxylic acids is 1. The quantitative estimate of drug-likeness (QED) is 0.823. The molecule has 0 radical (unpaired) electrons. The molecule has 1 atom stereocenters. The molecule has 18 heavy (non-hydrogen) atoms. The molecule has 0 aliphatic rings. The standard InChI is InChI=1S/C14H19BrO3/c1-3-8-14(2,13(16)17)9-10-18-12-6-4-11(15)5-7-12/h4-7H,3,8-10H2,1-2H3,(H,16,17). The first-order valence-corrected chi connectivity index (χ1v) is 6.89. The second-order valence-electron chi connectivity index (χ2n) is 4.67. The second kappa shape index (κ2) is 6.78. The molecule has 100 valence electrons. The average Bonchev–Trinajstić information content (AvgIpc) is 2.32. The number of halogens is 1. The number of aliphatic carboxylic acids is 1. The highest BCUT2D eigenvalue weighted by Gasteiger charge is 2.31. The lowest BCUT2D eigenvalue weighted by atomic mass is 9.83. The van der Waals surface area contributed by atoms with Crippen molar-refractivity contribution in [2.45, 2.75) is 33.1 Å². The fourth-order valence-electron chi connectivity index (χ4n) is 1.82. The normalized spacial score (nSPS) is 13.9. The molecule has 4 heteroatoms. The zero-order valence-corrected chi connectivity index (χ0v) is 12.4. The summed E-state index contributed by atoms with van der Waals surface area (Å²) in [5, 5.41) is 9.24. The Kier molecular flexibility index (Phi) is 5.66. The third-order valence-electron chi connectivity index (χ3n) is 3.05. The van der Waals surface area contributed by atoms with Crippen molar-refractivity contribution in [2.24, 2.45) is 5.41 Å². The van der Waals surface area contributed by atoms with Crippen LogP contribution in [0.15, 0.2) is 28.7 Å². The highest BCUT2D eigenvalue weighted by atomic mass is 79.9. The maximum absolute atomic E-state index is 11.2. The van der Waals surface area contributed by atoms with Crippen molar-refractivity contribution >= 4 is 21.9 Å². The minimum absolute atomic E-state index is 0.421. The molecule has 0 fully saturated rings. The summed E-state index contributed by atoms with van der Waals surface area (Å²) in [7, 11) is 0. The predicted molar refractivity (Wildman–Crippen MR) is 74.9 cm³/mol. The van der Waals surface area contributed by atoms with Gasteiger partial charge in [0, 0.05) is 4.47 Å². The molecule has 0 amide bonds. The number of hydrogen-bond donors (Lipinski definition) is 1. The van der Waals surface area contributed by atoms with Crippen LogP contribution in [0.1, 0.15) is 33.1 Å². The molecule has 1 rings (SSSR count). The van der Waals surface area contributed by atoms with Gasteiger partial charge >= 0.3 is 5.97 Å². The van der Waals surface area contributed by atoms with Gasteiger partial charge in [0.15, 0.2) is 0 Å². The second-order valence-corrected chi connectivity index (χ2v) is 5.58. The molecule has 1 aromatic rings. The summed E-state index contributed by atoms with van der Waals surface area (Å²) in [6.45, 7) is 4.20. The molecule has 0 heterocycles. The van der Waals surface area contributed by atoms with Crippen LogP contribution in [0, 0.1) is 5.41 Å². The van der Waals surface area contributed by atoms with Gasteiger partial charge in [0.05, 0.1) is 12.0 Å². The van der Waals surface area contributed by atoms with E-state index in [0.29, 0.717) is 19.4 Å². The first-order valence-electron chi connectivity index (χ1n) is 6.10. The molecular formula is C14H19BrO3. The summed E-state index contributed by atoms with van der Waals surface area (Å²) < 4.78 is 6.57. The number of benzene rings is 1. The lowest BCUT2D eigenvalue weighted by Gasteiger charge is -2.24. The summed E-state index contributed by atoms with van der Waals surface area (Å²) >= 11 is 3.35.